The fourth-order valence-electron chi connectivity index (χ4n) is 3.25. The molecule has 6 nitrogen and oxygen atoms in total. The van der Waals surface area contributed by atoms with E-state index in [2.05, 4.69) is 53.6 Å². The van der Waals surface area contributed by atoms with Crippen LogP contribution in [0.5, 0.6) is 0 Å². The summed E-state index contributed by atoms with van der Waals surface area (Å²) in [6.07, 6.45) is 4.02. The third kappa shape index (κ3) is 4.59. The van der Waals surface area contributed by atoms with Gasteiger partial charge >= 0.3 is 12.0 Å². The first-order valence-electron chi connectivity index (χ1n) is 9.07. The van der Waals surface area contributed by atoms with Crippen LogP contribution in [0.2, 0.25) is 0 Å². The summed E-state index contributed by atoms with van der Waals surface area (Å²) in [5.74, 6) is 1.26. The summed E-state index contributed by atoms with van der Waals surface area (Å²) in [6.45, 7) is 5.90. The molecular weight excluding hydrogens is 316 g/mol. The molecule has 1 aliphatic rings. The maximum atomic E-state index is 12.1. The Labute approximate surface area is 148 Å². The van der Waals surface area contributed by atoms with E-state index in [0.717, 1.165) is 38.8 Å². The van der Waals surface area contributed by atoms with Gasteiger partial charge in [-0.25, -0.2) is 4.79 Å². The number of hydrogen-bond donors (Lipinski definition) is 1. The Bertz CT molecular complexity index is 678. The molecule has 1 atom stereocenters. The molecule has 2 amide bonds. The number of anilines is 1. The Morgan fingerprint density at radius 3 is 2.64 bits per heavy atom. The topological polar surface area (TPSA) is 71.3 Å². The minimum Gasteiger partial charge on any atom is -0.324 e. The third-order valence-corrected chi connectivity index (χ3v) is 4.77. The van der Waals surface area contributed by atoms with Crippen molar-refractivity contribution in [2.75, 3.05) is 18.4 Å². The normalized spacial score (nSPS) is 15.6. The maximum absolute atomic E-state index is 12.1. The lowest BCUT2D eigenvalue weighted by Crippen LogP contribution is -2.32. The Morgan fingerprint density at radius 1 is 1.24 bits per heavy atom. The molecule has 1 saturated heterocycles. The number of urea groups is 1. The van der Waals surface area contributed by atoms with Crippen LogP contribution in [0, 0.1) is 5.92 Å². The van der Waals surface area contributed by atoms with Gasteiger partial charge < -0.3 is 9.42 Å². The van der Waals surface area contributed by atoms with Crippen LogP contribution < -0.4 is 5.32 Å². The second kappa shape index (κ2) is 8.14. The summed E-state index contributed by atoms with van der Waals surface area (Å²) in [7, 11) is 0. The number of carbonyl (C=O) groups is 1. The lowest BCUT2D eigenvalue weighted by Gasteiger charge is -2.17. The number of aryl methyl sites for hydroxylation is 1. The van der Waals surface area contributed by atoms with Crippen LogP contribution in [0.4, 0.5) is 10.8 Å². The first kappa shape index (κ1) is 17.5. The van der Waals surface area contributed by atoms with Crippen LogP contribution in [-0.2, 0) is 6.42 Å². The smallest absolute Gasteiger partial charge is 0.324 e. The number of nitrogens with zero attached hydrogens (tertiary/aromatic N) is 3. The van der Waals surface area contributed by atoms with Crippen molar-refractivity contribution in [3.63, 3.8) is 0 Å². The molecule has 0 spiro atoms. The van der Waals surface area contributed by atoms with Crippen molar-refractivity contribution >= 4 is 12.0 Å². The van der Waals surface area contributed by atoms with Gasteiger partial charge in [-0.3, -0.25) is 5.32 Å². The van der Waals surface area contributed by atoms with Crippen molar-refractivity contribution < 1.29 is 9.32 Å². The van der Waals surface area contributed by atoms with Crippen LogP contribution in [0.1, 0.15) is 50.4 Å². The number of carbonyl (C=O) groups excluding carboxylic acids is 1. The van der Waals surface area contributed by atoms with Gasteiger partial charge in [0.05, 0.1) is 0 Å². The van der Waals surface area contributed by atoms with Crippen molar-refractivity contribution in [1.82, 2.24) is 15.0 Å². The molecule has 25 heavy (non-hydrogen) atoms. The standard InChI is InChI=1S/C19H26N4O2/c1-14(2)16(11-10-15-8-4-3-5-9-15)17-20-18(25-22-17)21-19(24)23-12-6-7-13-23/h3-5,8-9,14,16H,6-7,10-13H2,1-2H3,(H,20,21,22,24). The number of aromatic nitrogens is 2. The highest BCUT2D eigenvalue weighted by molar-refractivity contribution is 5.87. The summed E-state index contributed by atoms with van der Waals surface area (Å²) < 4.78 is 5.26. The van der Waals surface area contributed by atoms with Crippen LogP contribution in [-0.4, -0.2) is 34.2 Å². The van der Waals surface area contributed by atoms with Crippen molar-refractivity contribution in [1.29, 1.82) is 0 Å². The van der Waals surface area contributed by atoms with Gasteiger partial charge in [0.2, 0.25) is 0 Å². The average Bonchev–Trinajstić information content (AvgIpc) is 3.28. The summed E-state index contributed by atoms with van der Waals surface area (Å²) in [4.78, 5) is 18.3. The second-order valence-corrected chi connectivity index (χ2v) is 6.96. The zero-order chi connectivity index (χ0) is 17.6. The minimum atomic E-state index is -0.155. The van der Waals surface area contributed by atoms with E-state index in [1.54, 1.807) is 4.90 Å². The molecule has 3 rings (SSSR count). The van der Waals surface area contributed by atoms with Crippen LogP contribution in [0.25, 0.3) is 0 Å². The van der Waals surface area contributed by atoms with Gasteiger partial charge in [-0.15, -0.1) is 0 Å². The molecule has 1 N–H and O–H groups in total. The lowest BCUT2D eigenvalue weighted by molar-refractivity contribution is 0.221. The Balaban J connectivity index is 1.61. The molecule has 2 aromatic rings. The maximum Gasteiger partial charge on any atom is 0.329 e. The summed E-state index contributed by atoms with van der Waals surface area (Å²) in [5, 5.41) is 6.83. The predicted molar refractivity (Wildman–Crippen MR) is 96.5 cm³/mol. The fourth-order valence-corrected chi connectivity index (χ4v) is 3.25. The first-order chi connectivity index (χ1) is 12.1. The molecule has 1 fully saturated rings. The van der Waals surface area contributed by atoms with E-state index in [-0.39, 0.29) is 18.0 Å². The van der Waals surface area contributed by atoms with Crippen LogP contribution in [0.3, 0.4) is 0 Å². The van der Waals surface area contributed by atoms with Crippen LogP contribution in [0.15, 0.2) is 34.9 Å². The van der Waals surface area contributed by atoms with Gasteiger partial charge in [0, 0.05) is 19.0 Å². The molecule has 1 aliphatic heterocycles. The molecule has 1 aromatic carbocycles. The summed E-state index contributed by atoms with van der Waals surface area (Å²) in [5.41, 5.74) is 1.30. The number of amides is 2. The van der Waals surface area contributed by atoms with E-state index in [1.165, 1.54) is 5.56 Å². The highest BCUT2D eigenvalue weighted by Crippen LogP contribution is 2.28. The van der Waals surface area contributed by atoms with Crippen molar-refractivity contribution in [2.24, 2.45) is 5.92 Å². The SMILES string of the molecule is CC(C)C(CCc1ccccc1)c1noc(NC(=O)N2CCCC2)n1. The van der Waals surface area contributed by atoms with E-state index in [4.69, 9.17) is 4.52 Å². The van der Waals surface area contributed by atoms with Gasteiger partial charge in [-0.1, -0.05) is 49.3 Å². The van der Waals surface area contributed by atoms with Crippen molar-refractivity contribution in [3.8, 4) is 0 Å². The van der Waals surface area contributed by atoms with Gasteiger partial charge in [0.25, 0.3) is 0 Å². The second-order valence-electron chi connectivity index (χ2n) is 6.96. The van der Waals surface area contributed by atoms with Crippen molar-refractivity contribution in [3.05, 3.63) is 41.7 Å². The number of benzene rings is 1. The van der Waals surface area contributed by atoms with Gasteiger partial charge in [-0.2, -0.15) is 4.98 Å². The van der Waals surface area contributed by atoms with Crippen molar-refractivity contribution in [2.45, 2.75) is 45.4 Å². The number of likely N-dealkylation sites (tertiary alicyclic amines) is 1. The Kier molecular flexibility index (Phi) is 5.68. The molecule has 0 bridgehead atoms. The zero-order valence-corrected chi connectivity index (χ0v) is 14.9. The van der Waals surface area contributed by atoms with Crippen LogP contribution >= 0.6 is 0 Å². The average molecular weight is 342 g/mol. The summed E-state index contributed by atoms with van der Waals surface area (Å²) in [6, 6.07) is 10.4. The quantitative estimate of drug-likeness (QED) is 0.859. The molecule has 2 heterocycles. The highest BCUT2D eigenvalue weighted by atomic mass is 16.5. The Hall–Kier alpha value is -2.37. The lowest BCUT2D eigenvalue weighted by atomic mass is 9.89. The Morgan fingerprint density at radius 2 is 1.96 bits per heavy atom. The number of hydrogen-bond acceptors (Lipinski definition) is 4. The van der Waals surface area contributed by atoms with E-state index >= 15 is 0 Å². The molecule has 1 unspecified atom stereocenters. The monoisotopic (exact) mass is 342 g/mol. The van der Waals surface area contributed by atoms with Gasteiger partial charge in [-0.05, 0) is 37.2 Å². The van der Waals surface area contributed by atoms with Gasteiger partial charge in [0.15, 0.2) is 5.82 Å². The van der Waals surface area contributed by atoms with E-state index in [9.17, 15) is 4.79 Å². The van der Waals surface area contributed by atoms with E-state index < -0.39 is 0 Å². The van der Waals surface area contributed by atoms with E-state index in [0.29, 0.717) is 11.7 Å². The molecular formula is C19H26N4O2. The predicted octanol–water partition coefficient (Wildman–Crippen LogP) is 4.07. The highest BCUT2D eigenvalue weighted by Gasteiger charge is 2.24. The largest absolute Gasteiger partial charge is 0.329 e. The molecule has 0 radical (unpaired) electrons. The number of rotatable bonds is 6. The minimum absolute atomic E-state index is 0.155. The molecule has 0 saturated carbocycles. The van der Waals surface area contributed by atoms with Gasteiger partial charge in [0.1, 0.15) is 0 Å². The molecule has 134 valence electrons. The molecule has 0 aliphatic carbocycles. The fraction of sp³-hybridized carbons (Fsp3) is 0.526. The number of nitrogens with one attached hydrogen (secondary N) is 1. The van der Waals surface area contributed by atoms with E-state index in [1.807, 2.05) is 6.07 Å². The summed E-state index contributed by atoms with van der Waals surface area (Å²) >= 11 is 0. The zero-order valence-electron chi connectivity index (χ0n) is 14.9. The molecule has 6 heteroatoms. The molecule has 1 aromatic heterocycles. The third-order valence-electron chi connectivity index (χ3n) is 4.77. The first-order valence-corrected chi connectivity index (χ1v) is 9.07.